The van der Waals surface area contributed by atoms with E-state index in [-0.39, 0.29) is 0 Å². The van der Waals surface area contributed by atoms with Gasteiger partial charge in [0.25, 0.3) is 0 Å². The molecule has 20 heavy (non-hydrogen) atoms. The zero-order valence-corrected chi connectivity index (χ0v) is 12.9. The Morgan fingerprint density at radius 2 is 2.05 bits per heavy atom. The first-order valence-electron chi connectivity index (χ1n) is 7.56. The van der Waals surface area contributed by atoms with Crippen molar-refractivity contribution in [1.82, 2.24) is 9.80 Å². The van der Waals surface area contributed by atoms with E-state index in [1.807, 2.05) is 12.1 Å². The molecule has 0 spiro atoms. The number of rotatable bonds is 4. The van der Waals surface area contributed by atoms with Crippen LogP contribution in [0.3, 0.4) is 0 Å². The van der Waals surface area contributed by atoms with Gasteiger partial charge in [0.2, 0.25) is 0 Å². The molecule has 0 saturated carbocycles. The van der Waals surface area contributed by atoms with E-state index in [9.17, 15) is 0 Å². The highest BCUT2D eigenvalue weighted by atomic mass is 15.2. The third-order valence-electron chi connectivity index (χ3n) is 4.52. The van der Waals surface area contributed by atoms with Gasteiger partial charge < -0.3 is 4.90 Å². The molecule has 1 saturated heterocycles. The fourth-order valence-electron chi connectivity index (χ4n) is 3.02. The molecule has 1 aromatic rings. The van der Waals surface area contributed by atoms with E-state index in [4.69, 9.17) is 5.26 Å². The molecule has 0 amide bonds. The second-order valence-electron chi connectivity index (χ2n) is 5.83. The molecule has 1 aliphatic rings. The summed E-state index contributed by atoms with van der Waals surface area (Å²) < 4.78 is 0. The molecule has 0 radical (unpaired) electrons. The Hall–Kier alpha value is -1.37. The number of benzene rings is 1. The molecule has 108 valence electrons. The van der Waals surface area contributed by atoms with Crippen molar-refractivity contribution in [1.29, 1.82) is 5.26 Å². The lowest BCUT2D eigenvalue weighted by Crippen LogP contribution is -2.42. The van der Waals surface area contributed by atoms with Crippen LogP contribution in [-0.2, 0) is 6.54 Å². The third kappa shape index (κ3) is 3.59. The van der Waals surface area contributed by atoms with Gasteiger partial charge in [-0.15, -0.1) is 0 Å². The summed E-state index contributed by atoms with van der Waals surface area (Å²) >= 11 is 0. The van der Waals surface area contributed by atoms with Crippen LogP contribution in [-0.4, -0.2) is 42.5 Å². The standard InChI is InChI=1S/C17H25N3/c1-4-20-9-7-17(8-10-20)19(3)13-16-6-5-15(12-18)11-14(16)2/h5-6,11,17H,4,7-10,13H2,1-3H3. The first-order chi connectivity index (χ1) is 9.63. The molecule has 0 aromatic heterocycles. The van der Waals surface area contributed by atoms with Crippen molar-refractivity contribution in [3.05, 3.63) is 34.9 Å². The monoisotopic (exact) mass is 271 g/mol. The van der Waals surface area contributed by atoms with E-state index in [0.717, 1.165) is 12.1 Å². The summed E-state index contributed by atoms with van der Waals surface area (Å²) in [4.78, 5) is 5.00. The fourth-order valence-corrected chi connectivity index (χ4v) is 3.02. The summed E-state index contributed by atoms with van der Waals surface area (Å²) in [6.07, 6.45) is 2.53. The van der Waals surface area contributed by atoms with Crippen LogP contribution >= 0.6 is 0 Å². The smallest absolute Gasteiger partial charge is 0.0991 e. The van der Waals surface area contributed by atoms with Crippen LogP contribution in [0.25, 0.3) is 0 Å². The average molecular weight is 271 g/mol. The van der Waals surface area contributed by atoms with Gasteiger partial charge in [-0.25, -0.2) is 0 Å². The number of nitriles is 1. The Morgan fingerprint density at radius 3 is 2.60 bits per heavy atom. The molecule has 1 aromatic carbocycles. The third-order valence-corrected chi connectivity index (χ3v) is 4.52. The predicted octanol–water partition coefficient (Wildman–Crippen LogP) is 2.78. The van der Waals surface area contributed by atoms with Gasteiger partial charge >= 0.3 is 0 Å². The SMILES string of the molecule is CCN1CCC(N(C)Cc2ccc(C#N)cc2C)CC1. The first kappa shape index (κ1) is 15.0. The Labute approximate surface area is 122 Å². The zero-order chi connectivity index (χ0) is 14.5. The normalized spacial score (nSPS) is 17.4. The van der Waals surface area contributed by atoms with Crippen LogP contribution in [0.2, 0.25) is 0 Å². The van der Waals surface area contributed by atoms with Crippen LogP contribution in [0.5, 0.6) is 0 Å². The summed E-state index contributed by atoms with van der Waals surface area (Å²) in [5, 5.41) is 8.92. The fraction of sp³-hybridized carbons (Fsp3) is 0.588. The molecule has 0 unspecified atom stereocenters. The van der Waals surface area contributed by atoms with Gasteiger partial charge in [0, 0.05) is 12.6 Å². The van der Waals surface area contributed by atoms with E-state index in [2.05, 4.69) is 42.8 Å². The summed E-state index contributed by atoms with van der Waals surface area (Å²) in [5.41, 5.74) is 3.32. The highest BCUT2D eigenvalue weighted by molar-refractivity contribution is 5.37. The number of piperidine rings is 1. The van der Waals surface area contributed by atoms with Gasteiger partial charge in [0.15, 0.2) is 0 Å². The number of hydrogen-bond donors (Lipinski definition) is 0. The highest BCUT2D eigenvalue weighted by Gasteiger charge is 2.21. The Bertz CT molecular complexity index is 481. The molecule has 2 rings (SSSR count). The van der Waals surface area contributed by atoms with Gasteiger partial charge in [0.1, 0.15) is 0 Å². The molecule has 1 aliphatic heterocycles. The van der Waals surface area contributed by atoms with Crippen LogP contribution in [0.15, 0.2) is 18.2 Å². The number of hydrogen-bond acceptors (Lipinski definition) is 3. The maximum absolute atomic E-state index is 8.92. The number of nitrogens with zero attached hydrogens (tertiary/aromatic N) is 3. The summed E-state index contributed by atoms with van der Waals surface area (Å²) in [7, 11) is 2.23. The Kier molecular flexibility index (Phi) is 5.17. The van der Waals surface area contributed by atoms with Crippen molar-refractivity contribution in [2.45, 2.75) is 39.3 Å². The van der Waals surface area contributed by atoms with Crippen LogP contribution in [0.1, 0.15) is 36.5 Å². The predicted molar refractivity (Wildman–Crippen MR) is 82.5 cm³/mol. The van der Waals surface area contributed by atoms with Crippen molar-refractivity contribution < 1.29 is 0 Å². The van der Waals surface area contributed by atoms with Crippen LogP contribution in [0.4, 0.5) is 0 Å². The lowest BCUT2D eigenvalue weighted by molar-refractivity contribution is 0.127. The van der Waals surface area contributed by atoms with Gasteiger partial charge in [-0.3, -0.25) is 4.90 Å². The minimum Gasteiger partial charge on any atom is -0.303 e. The second-order valence-corrected chi connectivity index (χ2v) is 5.83. The lowest BCUT2D eigenvalue weighted by atomic mass is 10.0. The highest BCUT2D eigenvalue weighted by Crippen LogP contribution is 2.19. The molecular weight excluding hydrogens is 246 g/mol. The first-order valence-corrected chi connectivity index (χ1v) is 7.56. The van der Waals surface area contributed by atoms with Crippen LogP contribution < -0.4 is 0 Å². The summed E-state index contributed by atoms with van der Waals surface area (Å²) in [5.74, 6) is 0. The largest absolute Gasteiger partial charge is 0.303 e. The van der Waals surface area contributed by atoms with Gasteiger partial charge in [-0.2, -0.15) is 5.26 Å². The maximum atomic E-state index is 8.92. The van der Waals surface area contributed by atoms with Gasteiger partial charge in [-0.05, 0) is 69.7 Å². The minimum absolute atomic E-state index is 0.688. The quantitative estimate of drug-likeness (QED) is 0.843. The molecule has 0 bridgehead atoms. The van der Waals surface area contributed by atoms with E-state index < -0.39 is 0 Å². The van der Waals surface area contributed by atoms with E-state index >= 15 is 0 Å². The Balaban J connectivity index is 1.95. The number of likely N-dealkylation sites (tertiary alicyclic amines) is 1. The second kappa shape index (κ2) is 6.88. The van der Waals surface area contributed by atoms with Crippen LogP contribution in [0, 0.1) is 18.3 Å². The average Bonchev–Trinajstić information content (AvgIpc) is 2.49. The molecule has 0 atom stereocenters. The molecule has 3 heteroatoms. The van der Waals surface area contributed by atoms with E-state index in [1.54, 1.807) is 0 Å². The molecule has 1 heterocycles. The van der Waals surface area contributed by atoms with E-state index in [1.165, 1.54) is 43.6 Å². The summed E-state index contributed by atoms with van der Waals surface area (Å²) in [6, 6.07) is 8.91. The maximum Gasteiger partial charge on any atom is 0.0991 e. The van der Waals surface area contributed by atoms with Crippen molar-refractivity contribution >= 4 is 0 Å². The van der Waals surface area contributed by atoms with Crippen molar-refractivity contribution in [3.63, 3.8) is 0 Å². The van der Waals surface area contributed by atoms with Crippen molar-refractivity contribution in [3.8, 4) is 6.07 Å². The van der Waals surface area contributed by atoms with Crippen molar-refractivity contribution in [2.24, 2.45) is 0 Å². The topological polar surface area (TPSA) is 30.3 Å². The van der Waals surface area contributed by atoms with Crippen molar-refractivity contribution in [2.75, 3.05) is 26.7 Å². The molecule has 3 nitrogen and oxygen atoms in total. The lowest BCUT2D eigenvalue weighted by Gasteiger charge is -2.36. The minimum atomic E-state index is 0.688. The molecule has 0 N–H and O–H groups in total. The zero-order valence-electron chi connectivity index (χ0n) is 12.9. The molecule has 0 aliphatic carbocycles. The summed E-state index contributed by atoms with van der Waals surface area (Å²) in [6.45, 7) is 8.93. The van der Waals surface area contributed by atoms with Gasteiger partial charge in [0.05, 0.1) is 11.6 Å². The molecule has 1 fully saturated rings. The Morgan fingerprint density at radius 1 is 1.35 bits per heavy atom. The van der Waals surface area contributed by atoms with Gasteiger partial charge in [-0.1, -0.05) is 13.0 Å². The van der Waals surface area contributed by atoms with E-state index in [0.29, 0.717) is 6.04 Å². The number of aryl methyl sites for hydroxylation is 1. The molecular formula is C17H25N3.